The molecule has 0 unspecified atom stereocenters. The molecule has 3 amide bonds. The molecule has 1 N–H and O–H groups in total. The van der Waals surface area contributed by atoms with Gasteiger partial charge in [-0.1, -0.05) is 17.7 Å². The number of pyridine rings is 1. The summed E-state index contributed by atoms with van der Waals surface area (Å²) in [5, 5.41) is 2.77. The third-order valence-corrected chi connectivity index (χ3v) is 5.00. The van der Waals surface area contributed by atoms with Crippen LogP contribution in [0.3, 0.4) is 0 Å². The van der Waals surface area contributed by atoms with Crippen LogP contribution in [0.25, 0.3) is 0 Å². The molecule has 1 aliphatic heterocycles. The van der Waals surface area contributed by atoms with Crippen molar-refractivity contribution in [1.29, 1.82) is 0 Å². The van der Waals surface area contributed by atoms with E-state index in [0.717, 1.165) is 16.9 Å². The highest BCUT2D eigenvalue weighted by atomic mass is 16.5. The maximum Gasteiger partial charge on any atom is 0.261 e. The summed E-state index contributed by atoms with van der Waals surface area (Å²) in [6.07, 6.45) is 3.22. The average Bonchev–Trinajstić information content (AvgIpc) is 3.03. The predicted octanol–water partition coefficient (Wildman–Crippen LogP) is 3.00. The quantitative estimate of drug-likeness (QED) is 0.473. The Kier molecular flexibility index (Phi) is 5.75. The Morgan fingerprint density at radius 3 is 2.42 bits per heavy atom. The molecule has 0 spiro atoms. The lowest BCUT2D eigenvalue weighted by Gasteiger charge is -2.13. The highest BCUT2D eigenvalue weighted by Gasteiger charge is 2.35. The molecule has 2 heterocycles. The zero-order valence-electron chi connectivity index (χ0n) is 17.0. The molecule has 0 atom stereocenters. The summed E-state index contributed by atoms with van der Waals surface area (Å²) in [5.41, 5.74) is 2.81. The number of benzene rings is 2. The fourth-order valence-electron chi connectivity index (χ4n) is 3.32. The molecule has 1 aromatic heterocycles. The second-order valence-corrected chi connectivity index (χ2v) is 7.23. The molecule has 7 heteroatoms. The molecule has 0 fully saturated rings. The van der Waals surface area contributed by atoms with Gasteiger partial charge in [0.2, 0.25) is 0 Å². The van der Waals surface area contributed by atoms with Crippen molar-refractivity contribution in [3.8, 4) is 5.75 Å². The van der Waals surface area contributed by atoms with E-state index < -0.39 is 5.91 Å². The van der Waals surface area contributed by atoms with E-state index in [-0.39, 0.29) is 23.9 Å². The lowest BCUT2D eigenvalue weighted by molar-refractivity contribution is 0.0642. The number of nitrogens with zero attached hydrogens (tertiary/aromatic N) is 2. The lowest BCUT2D eigenvalue weighted by Crippen LogP contribution is -2.29. The van der Waals surface area contributed by atoms with Gasteiger partial charge in [0.1, 0.15) is 12.4 Å². The molecule has 1 aliphatic rings. The number of amides is 3. The zero-order chi connectivity index (χ0) is 21.8. The van der Waals surface area contributed by atoms with Gasteiger partial charge in [0.15, 0.2) is 0 Å². The minimum atomic E-state index is -0.408. The molecule has 3 aromatic rings. The highest BCUT2D eigenvalue weighted by molar-refractivity contribution is 6.22. The van der Waals surface area contributed by atoms with Crippen LogP contribution in [0.15, 0.2) is 67.0 Å². The molecular weight excluding hydrogens is 394 g/mol. The van der Waals surface area contributed by atoms with Crippen LogP contribution in [0.4, 0.5) is 0 Å². The van der Waals surface area contributed by atoms with Crippen molar-refractivity contribution >= 4 is 17.7 Å². The van der Waals surface area contributed by atoms with E-state index in [0.29, 0.717) is 24.3 Å². The number of aryl methyl sites for hydroxylation is 1. The number of hydrogen-bond donors (Lipinski definition) is 1. The first-order valence-corrected chi connectivity index (χ1v) is 9.90. The van der Waals surface area contributed by atoms with Gasteiger partial charge in [-0.25, -0.2) is 0 Å². The lowest BCUT2D eigenvalue weighted by atomic mass is 10.1. The average molecular weight is 415 g/mol. The van der Waals surface area contributed by atoms with Gasteiger partial charge >= 0.3 is 0 Å². The third kappa shape index (κ3) is 4.45. The standard InChI is InChI=1S/C24H21N3O4/c1-16-2-5-19(6-3-16)31-13-12-26-22(28)18-4-7-20-21(14-18)24(30)27(23(20)29)15-17-8-10-25-11-9-17/h2-11,14H,12-13,15H2,1H3,(H,26,28). The molecule has 0 saturated heterocycles. The summed E-state index contributed by atoms with van der Waals surface area (Å²) >= 11 is 0. The van der Waals surface area contributed by atoms with Crippen LogP contribution >= 0.6 is 0 Å². The SMILES string of the molecule is Cc1ccc(OCCNC(=O)c2ccc3c(c2)C(=O)N(Cc2ccncc2)C3=O)cc1. The first kappa shape index (κ1) is 20.3. The van der Waals surface area contributed by atoms with Crippen molar-refractivity contribution in [3.63, 3.8) is 0 Å². The van der Waals surface area contributed by atoms with E-state index >= 15 is 0 Å². The maximum atomic E-state index is 12.8. The number of hydrogen-bond acceptors (Lipinski definition) is 5. The fourth-order valence-corrected chi connectivity index (χ4v) is 3.32. The molecular formula is C24H21N3O4. The number of nitrogens with one attached hydrogen (secondary N) is 1. The Hall–Kier alpha value is -4.00. The summed E-state index contributed by atoms with van der Waals surface area (Å²) in [7, 11) is 0. The number of fused-ring (bicyclic) bond motifs is 1. The van der Waals surface area contributed by atoms with Crippen LogP contribution in [0, 0.1) is 6.92 Å². The summed E-state index contributed by atoms with van der Waals surface area (Å²) in [4.78, 5) is 43.0. The van der Waals surface area contributed by atoms with E-state index in [1.54, 1.807) is 30.6 Å². The molecule has 7 nitrogen and oxygen atoms in total. The second kappa shape index (κ2) is 8.79. The Balaban J connectivity index is 1.37. The van der Waals surface area contributed by atoms with Crippen molar-refractivity contribution in [1.82, 2.24) is 15.2 Å². The normalized spacial score (nSPS) is 12.6. The minimum Gasteiger partial charge on any atom is -0.492 e. The van der Waals surface area contributed by atoms with E-state index in [4.69, 9.17) is 4.74 Å². The molecule has 0 bridgehead atoms. The van der Waals surface area contributed by atoms with E-state index in [1.165, 1.54) is 17.0 Å². The van der Waals surface area contributed by atoms with E-state index in [2.05, 4.69) is 10.3 Å². The summed E-state index contributed by atoms with van der Waals surface area (Å²) in [6, 6.07) is 15.7. The smallest absolute Gasteiger partial charge is 0.261 e. The fraction of sp³-hybridized carbons (Fsp3) is 0.167. The number of carbonyl (C=O) groups is 3. The largest absolute Gasteiger partial charge is 0.492 e. The first-order chi connectivity index (χ1) is 15.0. The van der Waals surface area contributed by atoms with Crippen LogP contribution in [0.2, 0.25) is 0 Å². The van der Waals surface area contributed by atoms with Gasteiger partial charge in [-0.3, -0.25) is 24.3 Å². The Morgan fingerprint density at radius 2 is 1.68 bits per heavy atom. The van der Waals surface area contributed by atoms with Crippen LogP contribution < -0.4 is 10.1 Å². The number of rotatable bonds is 7. The van der Waals surface area contributed by atoms with Gasteiger partial charge in [-0.2, -0.15) is 0 Å². The van der Waals surface area contributed by atoms with Crippen LogP contribution in [0.1, 0.15) is 42.2 Å². The van der Waals surface area contributed by atoms with Crippen LogP contribution in [-0.4, -0.2) is 40.8 Å². The van der Waals surface area contributed by atoms with Crippen molar-refractivity contribution in [2.75, 3.05) is 13.2 Å². The third-order valence-electron chi connectivity index (χ3n) is 5.00. The number of aromatic nitrogens is 1. The number of ether oxygens (including phenoxy) is 1. The van der Waals surface area contributed by atoms with E-state index in [9.17, 15) is 14.4 Å². The monoisotopic (exact) mass is 415 g/mol. The second-order valence-electron chi connectivity index (χ2n) is 7.23. The van der Waals surface area contributed by atoms with Gasteiger partial charge in [-0.05, 0) is 55.0 Å². The number of carbonyl (C=O) groups excluding carboxylic acids is 3. The van der Waals surface area contributed by atoms with Crippen molar-refractivity contribution in [2.24, 2.45) is 0 Å². The molecule has 156 valence electrons. The maximum absolute atomic E-state index is 12.8. The molecule has 0 radical (unpaired) electrons. The van der Waals surface area contributed by atoms with Gasteiger partial charge in [0.25, 0.3) is 17.7 Å². The molecule has 2 aromatic carbocycles. The highest BCUT2D eigenvalue weighted by Crippen LogP contribution is 2.25. The Labute approximate surface area is 179 Å². The molecule has 4 rings (SSSR count). The minimum absolute atomic E-state index is 0.159. The molecule has 0 saturated carbocycles. The number of imide groups is 1. The summed E-state index contributed by atoms with van der Waals surface area (Å²) in [6.45, 7) is 2.78. The van der Waals surface area contributed by atoms with Crippen LogP contribution in [0.5, 0.6) is 5.75 Å². The Bertz CT molecular complexity index is 1130. The van der Waals surface area contributed by atoms with Crippen LogP contribution in [-0.2, 0) is 6.54 Å². The van der Waals surface area contributed by atoms with Gasteiger partial charge in [-0.15, -0.1) is 0 Å². The van der Waals surface area contributed by atoms with Gasteiger partial charge in [0.05, 0.1) is 24.2 Å². The molecule has 31 heavy (non-hydrogen) atoms. The first-order valence-electron chi connectivity index (χ1n) is 9.90. The van der Waals surface area contributed by atoms with Gasteiger partial charge < -0.3 is 10.1 Å². The Morgan fingerprint density at radius 1 is 0.968 bits per heavy atom. The zero-order valence-corrected chi connectivity index (χ0v) is 17.0. The summed E-state index contributed by atoms with van der Waals surface area (Å²) < 4.78 is 5.60. The van der Waals surface area contributed by atoms with Crippen molar-refractivity contribution in [2.45, 2.75) is 13.5 Å². The molecule has 0 aliphatic carbocycles. The summed E-state index contributed by atoms with van der Waals surface area (Å²) in [5.74, 6) is -0.372. The van der Waals surface area contributed by atoms with Crippen molar-refractivity contribution in [3.05, 3.63) is 94.8 Å². The van der Waals surface area contributed by atoms with Gasteiger partial charge in [0, 0.05) is 18.0 Å². The van der Waals surface area contributed by atoms with E-state index in [1.807, 2.05) is 31.2 Å². The van der Waals surface area contributed by atoms with Crippen molar-refractivity contribution < 1.29 is 19.1 Å². The predicted molar refractivity (Wildman–Crippen MR) is 114 cm³/mol. The topological polar surface area (TPSA) is 88.6 Å².